The molecule has 21 heavy (non-hydrogen) atoms. The van der Waals surface area contributed by atoms with Crippen LogP contribution in [0.15, 0.2) is 23.5 Å². The van der Waals surface area contributed by atoms with Crippen molar-refractivity contribution in [2.24, 2.45) is 10.9 Å². The lowest BCUT2D eigenvalue weighted by atomic mass is 9.98. The number of aliphatic hydroxyl groups is 1. The van der Waals surface area contributed by atoms with Gasteiger partial charge in [-0.1, -0.05) is 5.16 Å². The van der Waals surface area contributed by atoms with E-state index in [9.17, 15) is 9.90 Å². The molecule has 1 saturated heterocycles. The van der Waals surface area contributed by atoms with E-state index in [1.165, 1.54) is 6.20 Å². The molecule has 1 atom stereocenters. The van der Waals surface area contributed by atoms with E-state index in [0.717, 1.165) is 6.42 Å². The standard InChI is InChI=1S/C14H20N4O3/c1-14(20)5-2-7-18(8-6-14)13(19)11-4-3-10(9-16-11)12(15)17-21/h3-4,9,20-21H,2,5-8H2,1H3,(H2,15,17). The van der Waals surface area contributed by atoms with Crippen LogP contribution in [0.25, 0.3) is 0 Å². The van der Waals surface area contributed by atoms with Crippen LogP contribution in [-0.4, -0.2) is 50.6 Å². The third-order valence-electron chi connectivity index (χ3n) is 3.74. The maximum absolute atomic E-state index is 12.4. The van der Waals surface area contributed by atoms with Crippen LogP contribution in [0.5, 0.6) is 0 Å². The fourth-order valence-corrected chi connectivity index (χ4v) is 2.36. The number of hydrogen-bond acceptors (Lipinski definition) is 5. The predicted molar refractivity (Wildman–Crippen MR) is 77.1 cm³/mol. The van der Waals surface area contributed by atoms with Gasteiger partial charge in [0.05, 0.1) is 5.60 Å². The monoisotopic (exact) mass is 292 g/mol. The second-order valence-electron chi connectivity index (χ2n) is 5.56. The van der Waals surface area contributed by atoms with Gasteiger partial charge in [0.2, 0.25) is 0 Å². The van der Waals surface area contributed by atoms with Gasteiger partial charge in [0.15, 0.2) is 5.84 Å². The van der Waals surface area contributed by atoms with Gasteiger partial charge < -0.3 is 20.9 Å². The highest BCUT2D eigenvalue weighted by Gasteiger charge is 2.27. The molecule has 2 heterocycles. The second kappa shape index (κ2) is 6.09. The minimum atomic E-state index is -0.710. The lowest BCUT2D eigenvalue weighted by Crippen LogP contribution is -2.34. The number of hydrogen-bond donors (Lipinski definition) is 3. The summed E-state index contributed by atoms with van der Waals surface area (Å²) in [5, 5.41) is 21.5. The third kappa shape index (κ3) is 3.69. The van der Waals surface area contributed by atoms with Crippen LogP contribution in [0.3, 0.4) is 0 Å². The second-order valence-corrected chi connectivity index (χ2v) is 5.56. The quantitative estimate of drug-likeness (QED) is 0.319. The highest BCUT2D eigenvalue weighted by molar-refractivity contribution is 5.98. The Bertz CT molecular complexity index is 540. The van der Waals surface area contributed by atoms with Crippen molar-refractivity contribution >= 4 is 11.7 Å². The van der Waals surface area contributed by atoms with Gasteiger partial charge in [-0.2, -0.15) is 0 Å². The number of amides is 1. The molecular formula is C14H20N4O3. The van der Waals surface area contributed by atoms with E-state index in [4.69, 9.17) is 10.9 Å². The fourth-order valence-electron chi connectivity index (χ4n) is 2.36. The number of amidine groups is 1. The van der Waals surface area contributed by atoms with E-state index in [0.29, 0.717) is 37.2 Å². The number of rotatable bonds is 2. The molecule has 2 rings (SSSR count). The molecule has 0 radical (unpaired) electrons. The van der Waals surface area contributed by atoms with Crippen LogP contribution < -0.4 is 5.73 Å². The number of oxime groups is 1. The number of carbonyl (C=O) groups is 1. The normalized spacial score (nSPS) is 23.7. The Morgan fingerprint density at radius 1 is 1.43 bits per heavy atom. The molecule has 1 amide bonds. The molecule has 1 aliphatic heterocycles. The topological polar surface area (TPSA) is 112 Å². The summed E-state index contributed by atoms with van der Waals surface area (Å²) < 4.78 is 0. The van der Waals surface area contributed by atoms with Crippen molar-refractivity contribution in [1.82, 2.24) is 9.88 Å². The molecule has 4 N–H and O–H groups in total. The van der Waals surface area contributed by atoms with Crippen LogP contribution in [0.1, 0.15) is 42.2 Å². The lowest BCUT2D eigenvalue weighted by Gasteiger charge is -2.22. The van der Waals surface area contributed by atoms with Gasteiger partial charge in [0, 0.05) is 24.8 Å². The molecule has 114 valence electrons. The predicted octanol–water partition coefficient (Wildman–Crippen LogP) is 0.553. The van der Waals surface area contributed by atoms with Crippen LogP contribution in [0.2, 0.25) is 0 Å². The minimum absolute atomic E-state index is 0.0488. The summed E-state index contributed by atoms with van der Waals surface area (Å²) in [6.45, 7) is 2.92. The van der Waals surface area contributed by atoms with Gasteiger partial charge in [-0.05, 0) is 38.3 Å². The summed E-state index contributed by atoms with van der Waals surface area (Å²) in [7, 11) is 0. The van der Waals surface area contributed by atoms with Crippen molar-refractivity contribution in [1.29, 1.82) is 0 Å². The fraction of sp³-hybridized carbons (Fsp3) is 0.500. The van der Waals surface area contributed by atoms with Gasteiger partial charge in [0.1, 0.15) is 5.69 Å². The third-order valence-corrected chi connectivity index (χ3v) is 3.74. The zero-order valence-electron chi connectivity index (χ0n) is 12.0. The summed E-state index contributed by atoms with van der Waals surface area (Å²) in [5.41, 5.74) is 5.50. The first-order valence-electron chi connectivity index (χ1n) is 6.88. The van der Waals surface area contributed by atoms with E-state index in [2.05, 4.69) is 10.1 Å². The summed E-state index contributed by atoms with van der Waals surface area (Å²) in [4.78, 5) is 18.2. The van der Waals surface area contributed by atoms with Gasteiger partial charge >= 0.3 is 0 Å². The van der Waals surface area contributed by atoms with Crippen LogP contribution in [0, 0.1) is 0 Å². The van der Waals surface area contributed by atoms with Crippen molar-refractivity contribution in [3.63, 3.8) is 0 Å². The molecular weight excluding hydrogens is 272 g/mol. The van der Waals surface area contributed by atoms with E-state index in [1.54, 1.807) is 24.0 Å². The van der Waals surface area contributed by atoms with Crippen molar-refractivity contribution in [2.45, 2.75) is 31.8 Å². The summed E-state index contributed by atoms with van der Waals surface area (Å²) in [6, 6.07) is 3.14. The lowest BCUT2D eigenvalue weighted by molar-refractivity contribution is 0.0437. The number of aromatic nitrogens is 1. The Kier molecular flexibility index (Phi) is 4.42. The molecule has 0 aliphatic carbocycles. The minimum Gasteiger partial charge on any atom is -0.409 e. The molecule has 1 aromatic heterocycles. The Labute approximate surface area is 123 Å². The molecule has 1 aromatic rings. The highest BCUT2D eigenvalue weighted by atomic mass is 16.4. The number of carbonyl (C=O) groups excluding carboxylic acids is 1. The molecule has 0 spiro atoms. The Hall–Kier alpha value is -2.15. The van der Waals surface area contributed by atoms with Crippen molar-refractivity contribution in [3.05, 3.63) is 29.6 Å². The van der Waals surface area contributed by atoms with Gasteiger partial charge in [-0.25, -0.2) is 0 Å². The Morgan fingerprint density at radius 2 is 2.19 bits per heavy atom. The molecule has 1 unspecified atom stereocenters. The largest absolute Gasteiger partial charge is 0.409 e. The first kappa shape index (κ1) is 15.2. The number of likely N-dealkylation sites (tertiary alicyclic amines) is 1. The summed E-state index contributed by atoms with van der Waals surface area (Å²) in [6.07, 6.45) is 3.41. The van der Waals surface area contributed by atoms with Gasteiger partial charge in [-0.15, -0.1) is 0 Å². The van der Waals surface area contributed by atoms with Crippen LogP contribution in [-0.2, 0) is 0 Å². The summed E-state index contributed by atoms with van der Waals surface area (Å²) >= 11 is 0. The Balaban J connectivity index is 2.09. The Morgan fingerprint density at radius 3 is 2.81 bits per heavy atom. The van der Waals surface area contributed by atoms with E-state index in [1.807, 2.05) is 0 Å². The maximum atomic E-state index is 12.4. The van der Waals surface area contributed by atoms with E-state index in [-0.39, 0.29) is 11.7 Å². The van der Waals surface area contributed by atoms with Crippen LogP contribution >= 0.6 is 0 Å². The average Bonchev–Trinajstić information content (AvgIpc) is 2.66. The zero-order chi connectivity index (χ0) is 15.5. The number of pyridine rings is 1. The molecule has 1 aliphatic rings. The van der Waals surface area contributed by atoms with Crippen molar-refractivity contribution < 1.29 is 15.1 Å². The molecule has 0 saturated carbocycles. The van der Waals surface area contributed by atoms with Gasteiger partial charge in [-0.3, -0.25) is 9.78 Å². The van der Waals surface area contributed by atoms with Gasteiger partial charge in [0.25, 0.3) is 5.91 Å². The van der Waals surface area contributed by atoms with E-state index >= 15 is 0 Å². The molecule has 7 heteroatoms. The number of nitrogens with zero attached hydrogens (tertiary/aromatic N) is 3. The first-order chi connectivity index (χ1) is 9.93. The molecule has 0 aromatic carbocycles. The molecule has 7 nitrogen and oxygen atoms in total. The molecule has 0 bridgehead atoms. The van der Waals surface area contributed by atoms with Crippen LogP contribution in [0.4, 0.5) is 0 Å². The maximum Gasteiger partial charge on any atom is 0.272 e. The SMILES string of the molecule is CC1(O)CCCN(C(=O)c2ccc(/C(N)=N/O)cn2)CC1. The molecule has 1 fully saturated rings. The van der Waals surface area contributed by atoms with Crippen molar-refractivity contribution in [3.8, 4) is 0 Å². The summed E-state index contributed by atoms with van der Waals surface area (Å²) in [5.74, 6) is -0.217. The number of nitrogens with two attached hydrogens (primary N) is 1. The zero-order valence-corrected chi connectivity index (χ0v) is 12.0. The highest BCUT2D eigenvalue weighted by Crippen LogP contribution is 2.22. The van der Waals surface area contributed by atoms with E-state index < -0.39 is 5.60 Å². The average molecular weight is 292 g/mol. The van der Waals surface area contributed by atoms with Crippen molar-refractivity contribution in [2.75, 3.05) is 13.1 Å². The first-order valence-corrected chi connectivity index (χ1v) is 6.88. The smallest absolute Gasteiger partial charge is 0.272 e.